The van der Waals surface area contributed by atoms with Gasteiger partial charge in [0.2, 0.25) is 10.0 Å². The highest BCUT2D eigenvalue weighted by molar-refractivity contribution is 7.92. The third-order valence-electron chi connectivity index (χ3n) is 5.38. The highest BCUT2D eigenvalue weighted by atomic mass is 32.2. The molecule has 0 saturated carbocycles. The molecule has 0 amide bonds. The molecule has 1 heterocycles. The Balaban J connectivity index is 1.53. The summed E-state index contributed by atoms with van der Waals surface area (Å²) in [5, 5.41) is 6.81. The zero-order chi connectivity index (χ0) is 21.7. The zero-order valence-corrected chi connectivity index (χ0v) is 19.4. The van der Waals surface area contributed by atoms with Crippen molar-refractivity contribution >= 4 is 44.4 Å². The van der Waals surface area contributed by atoms with E-state index in [2.05, 4.69) is 46.7 Å². The number of sulfonamides is 1. The minimum absolute atomic E-state index is 0.489. The van der Waals surface area contributed by atoms with Gasteiger partial charge >= 0.3 is 0 Å². The quantitative estimate of drug-likeness (QED) is 0.658. The van der Waals surface area contributed by atoms with Gasteiger partial charge in [-0.15, -0.1) is 0 Å². The van der Waals surface area contributed by atoms with E-state index in [-0.39, 0.29) is 0 Å². The highest BCUT2D eigenvalue weighted by Crippen LogP contribution is 2.23. The summed E-state index contributed by atoms with van der Waals surface area (Å²) in [6, 6.07) is 15.8. The van der Waals surface area contributed by atoms with E-state index in [4.69, 9.17) is 12.2 Å². The third-order valence-corrected chi connectivity index (χ3v) is 6.83. The fraction of sp³-hybridized carbons (Fsp3) is 0.409. The topological polar surface area (TPSA) is 64.7 Å². The molecule has 0 aromatic heterocycles. The van der Waals surface area contributed by atoms with Crippen LogP contribution >= 0.6 is 12.2 Å². The van der Waals surface area contributed by atoms with E-state index in [0.717, 1.165) is 30.3 Å². The molecule has 162 valence electrons. The maximum atomic E-state index is 11.7. The fourth-order valence-electron chi connectivity index (χ4n) is 3.58. The van der Waals surface area contributed by atoms with E-state index in [9.17, 15) is 8.42 Å². The van der Waals surface area contributed by atoms with E-state index in [0.29, 0.717) is 17.3 Å². The first-order valence-corrected chi connectivity index (χ1v) is 12.4. The van der Waals surface area contributed by atoms with Crippen molar-refractivity contribution in [2.24, 2.45) is 5.92 Å². The molecule has 1 saturated heterocycles. The van der Waals surface area contributed by atoms with Gasteiger partial charge < -0.3 is 15.5 Å². The average molecular weight is 447 g/mol. The number of nitrogens with one attached hydrogen (secondary N) is 2. The standard InChI is InChI=1S/C22H30N4O2S2/c1-17-6-5-13-26(16-17)20-11-9-18(10-12-20)15-23-22(29)24-19-7-4-8-21(14-19)25(2)30(3,27)28/h4,7-12,14,17H,5-6,13,15-16H2,1-3H3,(H2,23,24,29)/t17-/m0/s1. The van der Waals surface area contributed by atoms with E-state index >= 15 is 0 Å². The molecule has 0 radical (unpaired) electrons. The summed E-state index contributed by atoms with van der Waals surface area (Å²) in [6.45, 7) is 5.18. The molecule has 0 spiro atoms. The molecule has 30 heavy (non-hydrogen) atoms. The summed E-state index contributed by atoms with van der Waals surface area (Å²) in [5.41, 5.74) is 3.74. The number of rotatable bonds is 6. The molecule has 0 bridgehead atoms. The molecular weight excluding hydrogens is 416 g/mol. The normalized spacial score (nSPS) is 16.8. The predicted molar refractivity (Wildman–Crippen MR) is 130 cm³/mol. The smallest absolute Gasteiger partial charge is 0.231 e. The van der Waals surface area contributed by atoms with Crippen LogP contribution in [0.4, 0.5) is 17.1 Å². The van der Waals surface area contributed by atoms with Crippen molar-refractivity contribution in [3.05, 3.63) is 54.1 Å². The number of hydrogen-bond acceptors (Lipinski definition) is 4. The van der Waals surface area contributed by atoms with Crippen molar-refractivity contribution in [2.75, 3.05) is 40.9 Å². The van der Waals surface area contributed by atoms with Crippen LogP contribution in [0, 0.1) is 5.92 Å². The highest BCUT2D eigenvalue weighted by Gasteiger charge is 2.16. The molecule has 2 aromatic carbocycles. The van der Waals surface area contributed by atoms with Gasteiger partial charge in [0, 0.05) is 38.1 Å². The lowest BCUT2D eigenvalue weighted by Crippen LogP contribution is -2.34. The van der Waals surface area contributed by atoms with Crippen molar-refractivity contribution < 1.29 is 8.42 Å². The Kier molecular flexibility index (Phi) is 7.20. The van der Waals surface area contributed by atoms with Crippen molar-refractivity contribution in [3.63, 3.8) is 0 Å². The summed E-state index contributed by atoms with van der Waals surface area (Å²) in [6.07, 6.45) is 3.75. The second-order valence-corrected chi connectivity index (χ2v) is 10.4. The Morgan fingerprint density at radius 2 is 1.97 bits per heavy atom. The van der Waals surface area contributed by atoms with Crippen LogP contribution in [0.15, 0.2) is 48.5 Å². The van der Waals surface area contributed by atoms with Crippen LogP contribution in [0.25, 0.3) is 0 Å². The Morgan fingerprint density at radius 3 is 2.63 bits per heavy atom. The van der Waals surface area contributed by atoms with Gasteiger partial charge in [-0.25, -0.2) is 8.42 Å². The maximum Gasteiger partial charge on any atom is 0.231 e. The van der Waals surface area contributed by atoms with Crippen LogP contribution in [-0.4, -0.2) is 39.9 Å². The lowest BCUT2D eigenvalue weighted by molar-refractivity contribution is 0.447. The Labute approximate surface area is 185 Å². The number of hydrogen-bond donors (Lipinski definition) is 2. The van der Waals surface area contributed by atoms with E-state index in [1.165, 1.54) is 36.1 Å². The van der Waals surface area contributed by atoms with Gasteiger partial charge in [-0.1, -0.05) is 25.1 Å². The minimum Gasteiger partial charge on any atom is -0.371 e. The Bertz CT molecular complexity index is 977. The summed E-state index contributed by atoms with van der Waals surface area (Å²) < 4.78 is 24.7. The van der Waals surface area contributed by atoms with Crippen LogP contribution in [0.5, 0.6) is 0 Å². The number of thiocarbonyl (C=S) groups is 1. The van der Waals surface area contributed by atoms with Crippen molar-refractivity contribution in [3.8, 4) is 0 Å². The Hall–Kier alpha value is -2.32. The van der Waals surface area contributed by atoms with E-state index in [1.807, 2.05) is 6.07 Å². The first-order valence-electron chi connectivity index (χ1n) is 10.1. The summed E-state index contributed by atoms with van der Waals surface area (Å²) in [4.78, 5) is 2.46. The minimum atomic E-state index is -3.31. The van der Waals surface area contributed by atoms with Crippen molar-refractivity contribution in [1.29, 1.82) is 0 Å². The van der Waals surface area contributed by atoms with Crippen molar-refractivity contribution in [2.45, 2.75) is 26.3 Å². The molecule has 1 fully saturated rings. The van der Waals surface area contributed by atoms with Crippen molar-refractivity contribution in [1.82, 2.24) is 5.32 Å². The van der Waals surface area contributed by atoms with Gasteiger partial charge in [-0.3, -0.25) is 4.31 Å². The molecule has 1 aliphatic rings. The number of piperidine rings is 1. The first-order chi connectivity index (χ1) is 14.2. The van der Waals surface area contributed by atoms with E-state index < -0.39 is 10.0 Å². The van der Waals surface area contributed by atoms with Gasteiger partial charge in [-0.05, 0) is 66.9 Å². The number of anilines is 3. The second-order valence-electron chi connectivity index (χ2n) is 7.95. The molecule has 0 unspecified atom stereocenters. The van der Waals surface area contributed by atoms with Crippen LogP contribution in [0.1, 0.15) is 25.3 Å². The zero-order valence-electron chi connectivity index (χ0n) is 17.8. The van der Waals surface area contributed by atoms with Gasteiger partial charge in [0.1, 0.15) is 0 Å². The number of nitrogens with zero attached hydrogens (tertiary/aromatic N) is 2. The maximum absolute atomic E-state index is 11.7. The van der Waals surface area contributed by atoms with Crippen LogP contribution in [-0.2, 0) is 16.6 Å². The summed E-state index contributed by atoms with van der Waals surface area (Å²) in [7, 11) is -1.78. The SMILES string of the molecule is C[C@H]1CCCN(c2ccc(CNC(=S)Nc3cccc(N(C)S(C)(=O)=O)c3)cc2)C1. The van der Waals surface area contributed by atoms with Gasteiger partial charge in [0.15, 0.2) is 5.11 Å². The van der Waals surface area contributed by atoms with Gasteiger partial charge in [0.25, 0.3) is 0 Å². The van der Waals surface area contributed by atoms with Gasteiger partial charge in [0.05, 0.1) is 11.9 Å². The fourth-order valence-corrected chi connectivity index (χ4v) is 4.26. The molecule has 3 rings (SSSR count). The summed E-state index contributed by atoms with van der Waals surface area (Å²) >= 11 is 5.40. The summed E-state index contributed by atoms with van der Waals surface area (Å²) in [5.74, 6) is 0.749. The predicted octanol–water partition coefficient (Wildman–Crippen LogP) is 3.81. The van der Waals surface area contributed by atoms with E-state index in [1.54, 1.807) is 18.2 Å². The lowest BCUT2D eigenvalue weighted by Gasteiger charge is -2.32. The van der Waals surface area contributed by atoms with Gasteiger partial charge in [-0.2, -0.15) is 0 Å². The molecule has 6 nitrogen and oxygen atoms in total. The van der Waals surface area contributed by atoms with Crippen LogP contribution < -0.4 is 19.8 Å². The third kappa shape index (κ3) is 6.09. The average Bonchev–Trinajstić information content (AvgIpc) is 2.71. The molecular formula is C22H30N4O2S2. The first kappa shape index (κ1) is 22.4. The lowest BCUT2D eigenvalue weighted by atomic mass is 9.99. The molecule has 8 heteroatoms. The van der Waals surface area contributed by atoms with Crippen LogP contribution in [0.2, 0.25) is 0 Å². The Morgan fingerprint density at radius 1 is 1.23 bits per heavy atom. The largest absolute Gasteiger partial charge is 0.371 e. The second kappa shape index (κ2) is 9.66. The van der Waals surface area contributed by atoms with Crippen LogP contribution in [0.3, 0.4) is 0 Å². The molecule has 2 aromatic rings. The molecule has 0 aliphatic carbocycles. The molecule has 1 atom stereocenters. The monoisotopic (exact) mass is 446 g/mol. The number of benzene rings is 2. The molecule has 2 N–H and O–H groups in total. The molecule has 1 aliphatic heterocycles.